The molecule has 0 amide bonds. The van der Waals surface area contributed by atoms with Crippen LogP contribution in [0.4, 0.5) is 0 Å². The molecule has 1 fully saturated rings. The minimum absolute atomic E-state index is 0.373. The first-order chi connectivity index (χ1) is 4.43. The van der Waals surface area contributed by atoms with Crippen molar-refractivity contribution in [1.29, 1.82) is 0 Å². The highest BCUT2D eigenvalue weighted by Crippen LogP contribution is 2.03. The maximum atomic E-state index is 5.33. The molecule has 1 rings (SSSR count). The van der Waals surface area contributed by atoms with Crippen LogP contribution in [-0.4, -0.2) is 39.5 Å². The third-order valence-corrected chi connectivity index (χ3v) is 1.31. The third kappa shape index (κ3) is 2.30. The van der Waals surface area contributed by atoms with Gasteiger partial charge >= 0.3 is 0 Å². The molecule has 1 aliphatic rings. The maximum absolute atomic E-state index is 5.33. The van der Waals surface area contributed by atoms with E-state index < -0.39 is 0 Å². The second-order valence-corrected chi connectivity index (χ2v) is 2.13. The molecular weight excluding hydrogens is 118 g/mol. The molecule has 0 atom stereocenters. The van der Waals surface area contributed by atoms with Crippen LogP contribution in [0.1, 0.15) is 0 Å². The van der Waals surface area contributed by atoms with E-state index in [1.165, 1.54) is 0 Å². The van der Waals surface area contributed by atoms with Crippen molar-refractivity contribution in [1.82, 2.24) is 5.32 Å². The van der Waals surface area contributed by atoms with E-state index in [1.807, 2.05) is 7.05 Å². The molecule has 0 saturated carbocycles. The molecular formula is C6H13NO2. The normalized spacial score (nSPS) is 19.7. The Morgan fingerprint density at radius 3 is 2.89 bits per heavy atom. The molecule has 0 unspecified atom stereocenters. The van der Waals surface area contributed by atoms with Crippen molar-refractivity contribution in [2.75, 3.05) is 33.4 Å². The van der Waals surface area contributed by atoms with E-state index in [0.717, 1.165) is 26.4 Å². The summed E-state index contributed by atoms with van der Waals surface area (Å²) in [5, 5.41) is 3.01. The van der Waals surface area contributed by atoms with Gasteiger partial charge in [0.2, 0.25) is 0 Å². The highest BCUT2D eigenvalue weighted by molar-refractivity contribution is 4.63. The van der Waals surface area contributed by atoms with Gasteiger partial charge in [0.05, 0.1) is 19.8 Å². The van der Waals surface area contributed by atoms with Gasteiger partial charge in [0.25, 0.3) is 0 Å². The van der Waals surface area contributed by atoms with Crippen molar-refractivity contribution in [2.45, 2.75) is 6.10 Å². The van der Waals surface area contributed by atoms with Crippen molar-refractivity contribution in [3.8, 4) is 0 Å². The van der Waals surface area contributed by atoms with E-state index in [4.69, 9.17) is 9.47 Å². The van der Waals surface area contributed by atoms with Crippen molar-refractivity contribution in [2.24, 2.45) is 0 Å². The smallest absolute Gasteiger partial charge is 0.104 e. The zero-order valence-corrected chi connectivity index (χ0v) is 5.72. The third-order valence-electron chi connectivity index (χ3n) is 1.31. The van der Waals surface area contributed by atoms with Gasteiger partial charge < -0.3 is 14.8 Å². The van der Waals surface area contributed by atoms with E-state index in [0.29, 0.717) is 6.10 Å². The monoisotopic (exact) mass is 131 g/mol. The van der Waals surface area contributed by atoms with Crippen LogP contribution in [0.3, 0.4) is 0 Å². The Hall–Kier alpha value is -0.120. The molecule has 9 heavy (non-hydrogen) atoms. The van der Waals surface area contributed by atoms with Crippen molar-refractivity contribution < 1.29 is 9.47 Å². The standard InChI is InChI=1S/C6H13NO2/c1-7-2-3-9-6-4-8-5-6/h6-7H,2-5H2,1H3. The summed E-state index contributed by atoms with van der Waals surface area (Å²) in [4.78, 5) is 0. The van der Waals surface area contributed by atoms with Crippen molar-refractivity contribution in [3.05, 3.63) is 0 Å². The van der Waals surface area contributed by atoms with Crippen LogP contribution in [0.2, 0.25) is 0 Å². The second kappa shape index (κ2) is 3.82. The number of hydrogen-bond donors (Lipinski definition) is 1. The molecule has 0 bridgehead atoms. The molecule has 0 aromatic carbocycles. The van der Waals surface area contributed by atoms with Gasteiger partial charge in [0.1, 0.15) is 6.10 Å². The lowest BCUT2D eigenvalue weighted by Crippen LogP contribution is -2.37. The Morgan fingerprint density at radius 1 is 1.67 bits per heavy atom. The molecule has 1 heterocycles. The lowest BCUT2D eigenvalue weighted by molar-refractivity contribution is -0.128. The number of rotatable bonds is 4. The molecule has 0 aliphatic carbocycles. The summed E-state index contributed by atoms with van der Waals surface area (Å²) in [6, 6.07) is 0. The molecule has 1 N–H and O–H groups in total. The van der Waals surface area contributed by atoms with Gasteiger partial charge in [0, 0.05) is 6.54 Å². The van der Waals surface area contributed by atoms with E-state index in [9.17, 15) is 0 Å². The van der Waals surface area contributed by atoms with Crippen LogP contribution in [-0.2, 0) is 9.47 Å². The lowest BCUT2D eigenvalue weighted by atomic mass is 10.3. The van der Waals surface area contributed by atoms with E-state index in [2.05, 4.69) is 5.32 Å². The van der Waals surface area contributed by atoms with Crippen LogP contribution < -0.4 is 5.32 Å². The van der Waals surface area contributed by atoms with Gasteiger partial charge in [-0.3, -0.25) is 0 Å². The Balaban J connectivity index is 1.80. The average Bonchev–Trinajstić information content (AvgIpc) is 1.76. The number of nitrogens with one attached hydrogen (secondary N) is 1. The van der Waals surface area contributed by atoms with Crippen molar-refractivity contribution in [3.63, 3.8) is 0 Å². The highest BCUT2D eigenvalue weighted by atomic mass is 16.6. The predicted molar refractivity (Wildman–Crippen MR) is 34.5 cm³/mol. The summed E-state index contributed by atoms with van der Waals surface area (Å²) in [6.45, 7) is 3.29. The SMILES string of the molecule is CNCCOC1COC1. The predicted octanol–water partition coefficient (Wildman–Crippen LogP) is -0.379. The Morgan fingerprint density at radius 2 is 2.44 bits per heavy atom. The largest absolute Gasteiger partial charge is 0.376 e. The maximum Gasteiger partial charge on any atom is 0.104 e. The molecule has 3 nitrogen and oxygen atoms in total. The molecule has 3 heteroatoms. The molecule has 1 saturated heterocycles. The summed E-state index contributed by atoms with van der Waals surface area (Å²) in [6.07, 6.45) is 0.373. The molecule has 0 radical (unpaired) electrons. The van der Waals surface area contributed by atoms with Crippen molar-refractivity contribution >= 4 is 0 Å². The first kappa shape index (κ1) is 6.99. The Kier molecular flexibility index (Phi) is 2.97. The van der Waals surface area contributed by atoms with E-state index in [-0.39, 0.29) is 0 Å². The summed E-state index contributed by atoms with van der Waals surface area (Å²) in [5.74, 6) is 0. The molecule has 54 valence electrons. The zero-order chi connectivity index (χ0) is 6.53. The van der Waals surface area contributed by atoms with Crippen LogP contribution in [0.15, 0.2) is 0 Å². The minimum Gasteiger partial charge on any atom is -0.376 e. The molecule has 0 spiro atoms. The molecule has 0 aromatic rings. The summed E-state index contributed by atoms with van der Waals surface area (Å²) in [7, 11) is 1.92. The van der Waals surface area contributed by atoms with Crippen LogP contribution in [0.25, 0.3) is 0 Å². The number of likely N-dealkylation sites (N-methyl/N-ethyl adjacent to an activating group) is 1. The number of hydrogen-bond acceptors (Lipinski definition) is 3. The van der Waals surface area contributed by atoms with Gasteiger partial charge in [-0.2, -0.15) is 0 Å². The van der Waals surface area contributed by atoms with Crippen LogP contribution in [0.5, 0.6) is 0 Å². The minimum atomic E-state index is 0.373. The Bertz CT molecular complexity index is 73.5. The zero-order valence-electron chi connectivity index (χ0n) is 5.72. The van der Waals surface area contributed by atoms with Crippen LogP contribution >= 0.6 is 0 Å². The Labute approximate surface area is 55.3 Å². The first-order valence-corrected chi connectivity index (χ1v) is 3.27. The lowest BCUT2D eigenvalue weighted by Gasteiger charge is -2.25. The highest BCUT2D eigenvalue weighted by Gasteiger charge is 2.17. The van der Waals surface area contributed by atoms with E-state index in [1.54, 1.807) is 0 Å². The molecule has 0 aromatic heterocycles. The fraction of sp³-hybridized carbons (Fsp3) is 1.00. The van der Waals surface area contributed by atoms with Crippen LogP contribution in [0, 0.1) is 0 Å². The average molecular weight is 131 g/mol. The van der Waals surface area contributed by atoms with E-state index >= 15 is 0 Å². The summed E-state index contributed by atoms with van der Waals surface area (Å²) >= 11 is 0. The van der Waals surface area contributed by atoms with Gasteiger partial charge in [-0.1, -0.05) is 0 Å². The fourth-order valence-corrected chi connectivity index (χ4v) is 0.638. The second-order valence-electron chi connectivity index (χ2n) is 2.13. The van der Waals surface area contributed by atoms with Gasteiger partial charge in [0.15, 0.2) is 0 Å². The fourth-order valence-electron chi connectivity index (χ4n) is 0.638. The quantitative estimate of drug-likeness (QED) is 0.528. The van der Waals surface area contributed by atoms with Gasteiger partial charge in [-0.15, -0.1) is 0 Å². The topological polar surface area (TPSA) is 30.5 Å². The number of ether oxygens (including phenoxy) is 2. The first-order valence-electron chi connectivity index (χ1n) is 3.27. The summed E-state index contributed by atoms with van der Waals surface area (Å²) in [5.41, 5.74) is 0. The van der Waals surface area contributed by atoms with Gasteiger partial charge in [-0.25, -0.2) is 0 Å². The molecule has 1 aliphatic heterocycles. The summed E-state index contributed by atoms with van der Waals surface area (Å²) < 4.78 is 10.3. The van der Waals surface area contributed by atoms with Gasteiger partial charge in [-0.05, 0) is 7.05 Å².